The van der Waals surface area contributed by atoms with Gasteiger partial charge in [-0.05, 0) is 63.2 Å². The summed E-state index contributed by atoms with van der Waals surface area (Å²) in [5.74, 6) is -2.25. The molecule has 0 saturated carbocycles. The van der Waals surface area contributed by atoms with E-state index in [0.717, 1.165) is 22.5 Å². The monoisotopic (exact) mass is 457 g/mol. The van der Waals surface area contributed by atoms with Gasteiger partial charge in [0.2, 0.25) is 0 Å². The van der Waals surface area contributed by atoms with Crippen molar-refractivity contribution in [1.82, 2.24) is 0 Å². The molecule has 0 N–H and O–H groups in total. The van der Waals surface area contributed by atoms with Gasteiger partial charge in [0, 0.05) is 7.05 Å². The van der Waals surface area contributed by atoms with Crippen LogP contribution >= 0.6 is 11.6 Å². The van der Waals surface area contributed by atoms with Crippen molar-refractivity contribution in [2.45, 2.75) is 31.3 Å². The lowest BCUT2D eigenvalue weighted by atomic mass is 10.2. The number of halogens is 2. The van der Waals surface area contributed by atoms with Crippen LogP contribution in [-0.2, 0) is 24.3 Å². The zero-order chi connectivity index (χ0) is 22.7. The number of rotatable bonds is 6. The molecule has 0 unspecified atom stereocenters. The average Bonchev–Trinajstić information content (AvgIpc) is 2.65. The Morgan fingerprint density at radius 1 is 1.10 bits per heavy atom. The highest BCUT2D eigenvalue weighted by Gasteiger charge is 2.25. The summed E-state index contributed by atoms with van der Waals surface area (Å²) in [6, 6.07) is 8.37. The molecule has 162 valence electrons. The van der Waals surface area contributed by atoms with E-state index in [-0.39, 0.29) is 21.2 Å². The van der Waals surface area contributed by atoms with Crippen molar-refractivity contribution in [3.63, 3.8) is 0 Å². The average molecular weight is 458 g/mol. The Morgan fingerprint density at radius 2 is 1.70 bits per heavy atom. The van der Waals surface area contributed by atoms with Crippen molar-refractivity contribution in [2.75, 3.05) is 18.0 Å². The third kappa shape index (κ3) is 5.93. The van der Waals surface area contributed by atoms with Crippen molar-refractivity contribution in [2.24, 2.45) is 0 Å². The maximum atomic E-state index is 13.1. The van der Waals surface area contributed by atoms with Crippen LogP contribution in [0.25, 0.3) is 0 Å². The normalized spacial score (nSPS) is 11.7. The number of ether oxygens (including phenoxy) is 2. The second-order valence-corrected chi connectivity index (χ2v) is 9.63. The van der Waals surface area contributed by atoms with Crippen LogP contribution in [-0.4, -0.2) is 39.6 Å². The van der Waals surface area contributed by atoms with Crippen molar-refractivity contribution in [3.05, 3.63) is 58.9 Å². The molecule has 0 atom stereocenters. The van der Waals surface area contributed by atoms with Gasteiger partial charge in [-0.3, -0.25) is 4.31 Å². The van der Waals surface area contributed by atoms with Gasteiger partial charge in [0.25, 0.3) is 10.0 Å². The Bertz CT molecular complexity index is 1050. The second kappa shape index (κ2) is 9.01. The van der Waals surface area contributed by atoms with E-state index in [1.54, 1.807) is 20.8 Å². The third-order valence-electron chi connectivity index (χ3n) is 3.75. The van der Waals surface area contributed by atoms with Crippen molar-refractivity contribution in [1.29, 1.82) is 0 Å². The van der Waals surface area contributed by atoms with Gasteiger partial charge in [-0.25, -0.2) is 22.4 Å². The highest BCUT2D eigenvalue weighted by atomic mass is 35.5. The molecule has 0 aliphatic rings. The summed E-state index contributed by atoms with van der Waals surface area (Å²) in [4.78, 5) is 23.8. The summed E-state index contributed by atoms with van der Waals surface area (Å²) in [6.45, 7) is 4.33. The zero-order valence-electron chi connectivity index (χ0n) is 16.8. The molecule has 0 amide bonds. The molecular weight excluding hydrogens is 437 g/mol. The van der Waals surface area contributed by atoms with E-state index in [4.69, 9.17) is 21.1 Å². The molecule has 10 heteroatoms. The first kappa shape index (κ1) is 23.6. The van der Waals surface area contributed by atoms with Crippen LogP contribution in [0, 0.1) is 5.82 Å². The smallest absolute Gasteiger partial charge is 0.344 e. The minimum absolute atomic E-state index is 0.0485. The van der Waals surface area contributed by atoms with Crippen LogP contribution in [0.15, 0.2) is 47.4 Å². The number of nitrogens with zero attached hydrogens (tertiary/aromatic N) is 1. The van der Waals surface area contributed by atoms with E-state index < -0.39 is 40.0 Å². The number of sulfonamides is 1. The first-order valence-electron chi connectivity index (χ1n) is 8.74. The van der Waals surface area contributed by atoms with Gasteiger partial charge < -0.3 is 9.47 Å². The molecule has 2 aromatic carbocycles. The summed E-state index contributed by atoms with van der Waals surface area (Å²) in [7, 11) is -2.79. The Hall–Kier alpha value is -2.65. The summed E-state index contributed by atoms with van der Waals surface area (Å²) in [5, 5.41) is -0.0485. The molecule has 0 bridgehead atoms. The first-order chi connectivity index (χ1) is 13.8. The molecule has 0 saturated heterocycles. The lowest BCUT2D eigenvalue weighted by Gasteiger charge is -2.20. The number of hydrogen-bond acceptors (Lipinski definition) is 6. The van der Waals surface area contributed by atoms with Gasteiger partial charge in [-0.2, -0.15) is 0 Å². The molecule has 2 aromatic rings. The maximum absolute atomic E-state index is 13.1. The van der Waals surface area contributed by atoms with E-state index in [9.17, 15) is 22.4 Å². The van der Waals surface area contributed by atoms with Crippen LogP contribution in [0.4, 0.5) is 10.1 Å². The number of anilines is 1. The van der Waals surface area contributed by atoms with Crippen LogP contribution in [0.1, 0.15) is 31.1 Å². The second-order valence-electron chi connectivity index (χ2n) is 7.25. The van der Waals surface area contributed by atoms with Crippen LogP contribution < -0.4 is 4.31 Å². The Balaban J connectivity index is 2.24. The SMILES string of the molecule is CN(c1ccc(F)cc1)S(=O)(=O)c1ccc(Cl)c(C(=O)OCC(=O)OC(C)(C)C)c1. The lowest BCUT2D eigenvalue weighted by Crippen LogP contribution is -2.28. The lowest BCUT2D eigenvalue weighted by molar-refractivity contribution is -0.158. The zero-order valence-corrected chi connectivity index (χ0v) is 18.4. The van der Waals surface area contributed by atoms with Crippen LogP contribution in [0.3, 0.4) is 0 Å². The quantitative estimate of drug-likeness (QED) is 0.613. The molecule has 0 fully saturated rings. The van der Waals surface area contributed by atoms with Crippen LogP contribution in [0.5, 0.6) is 0 Å². The predicted octanol–water partition coefficient (Wildman–Crippen LogP) is 3.80. The summed E-state index contributed by atoms with van der Waals surface area (Å²) < 4.78 is 49.8. The van der Waals surface area contributed by atoms with E-state index in [2.05, 4.69) is 0 Å². The number of esters is 2. The molecule has 0 aliphatic heterocycles. The molecule has 2 rings (SSSR count). The van der Waals surface area contributed by atoms with Gasteiger partial charge in [0.05, 0.1) is 21.2 Å². The number of hydrogen-bond donors (Lipinski definition) is 0. The number of carbonyl (C=O) groups excluding carboxylic acids is 2. The fourth-order valence-electron chi connectivity index (χ4n) is 2.34. The van der Waals surface area contributed by atoms with E-state index in [1.807, 2.05) is 0 Å². The number of carbonyl (C=O) groups is 2. The Morgan fingerprint density at radius 3 is 2.27 bits per heavy atom. The fourth-order valence-corrected chi connectivity index (χ4v) is 3.76. The summed E-state index contributed by atoms with van der Waals surface area (Å²) in [6.07, 6.45) is 0. The molecule has 0 aromatic heterocycles. The van der Waals surface area contributed by atoms with Gasteiger partial charge in [0.1, 0.15) is 11.4 Å². The van der Waals surface area contributed by atoms with E-state index in [0.29, 0.717) is 0 Å². The number of benzene rings is 2. The molecular formula is C20H21ClFNO6S. The minimum atomic E-state index is -4.08. The molecule has 30 heavy (non-hydrogen) atoms. The van der Waals surface area contributed by atoms with E-state index >= 15 is 0 Å². The third-order valence-corrected chi connectivity index (χ3v) is 5.86. The highest BCUT2D eigenvalue weighted by Crippen LogP contribution is 2.26. The van der Waals surface area contributed by atoms with Gasteiger partial charge in [0.15, 0.2) is 6.61 Å². The maximum Gasteiger partial charge on any atom is 0.344 e. The molecule has 0 aliphatic carbocycles. The fraction of sp³-hybridized carbons (Fsp3) is 0.300. The van der Waals surface area contributed by atoms with Gasteiger partial charge in [-0.15, -0.1) is 0 Å². The highest BCUT2D eigenvalue weighted by molar-refractivity contribution is 7.92. The summed E-state index contributed by atoms with van der Waals surface area (Å²) in [5.41, 5.74) is -0.755. The predicted molar refractivity (Wildman–Crippen MR) is 110 cm³/mol. The van der Waals surface area contributed by atoms with Crippen molar-refractivity contribution in [3.8, 4) is 0 Å². The van der Waals surface area contributed by atoms with Crippen molar-refractivity contribution < 1.29 is 31.9 Å². The standard InChI is InChI=1S/C20H21ClFNO6S/c1-20(2,3)29-18(24)12-28-19(25)16-11-15(9-10-17(16)21)30(26,27)23(4)14-7-5-13(22)6-8-14/h5-11H,12H2,1-4H3. The summed E-state index contributed by atoms with van der Waals surface area (Å²) >= 11 is 6.01. The molecule has 0 heterocycles. The Labute approximate surface area is 179 Å². The molecule has 0 radical (unpaired) electrons. The van der Waals surface area contributed by atoms with Crippen molar-refractivity contribution >= 4 is 39.3 Å². The van der Waals surface area contributed by atoms with Crippen LogP contribution in [0.2, 0.25) is 5.02 Å². The van der Waals surface area contributed by atoms with Gasteiger partial charge in [-0.1, -0.05) is 11.6 Å². The topological polar surface area (TPSA) is 90.0 Å². The minimum Gasteiger partial charge on any atom is -0.457 e. The Kier molecular flexibility index (Phi) is 7.10. The molecule has 7 nitrogen and oxygen atoms in total. The molecule has 0 spiro atoms. The van der Waals surface area contributed by atoms with Gasteiger partial charge >= 0.3 is 11.9 Å². The van der Waals surface area contributed by atoms with E-state index in [1.165, 1.54) is 31.3 Å². The largest absolute Gasteiger partial charge is 0.457 e. The first-order valence-corrected chi connectivity index (χ1v) is 10.6.